The molecular weight excluding hydrogens is 780 g/mol. The van der Waals surface area contributed by atoms with Crippen molar-refractivity contribution in [3.8, 4) is 17.0 Å². The maximum absolute atomic E-state index is 12.7. The average Bonchev–Trinajstić information content (AvgIpc) is 3.08. The summed E-state index contributed by atoms with van der Waals surface area (Å²) in [5.74, 6) is -2.49. The third-order valence-corrected chi connectivity index (χ3v) is 10.4. The highest BCUT2D eigenvalue weighted by Crippen LogP contribution is 2.33. The molecule has 0 bridgehead atoms. The summed E-state index contributed by atoms with van der Waals surface area (Å²) >= 11 is 13.2. The van der Waals surface area contributed by atoms with E-state index in [0.29, 0.717) is 17.9 Å². The van der Waals surface area contributed by atoms with Crippen molar-refractivity contribution in [1.29, 1.82) is 0 Å². The van der Waals surface area contributed by atoms with Gasteiger partial charge in [0.15, 0.2) is 38.1 Å². The average molecular weight is 820 g/mol. The summed E-state index contributed by atoms with van der Waals surface area (Å²) in [6.07, 6.45) is 3.79. The van der Waals surface area contributed by atoms with E-state index in [2.05, 4.69) is 21.9 Å². The van der Waals surface area contributed by atoms with E-state index in [1.165, 1.54) is 43.5 Å². The SMILES string of the molecule is CCCCCCCCSC(=O)Oc1cc(Cl)nnc1-c1ccccc1.CS(=O)(=O)c1ccc(C(=O)C2C(=O)CCCC2=O)c(Cl)c1COCC(F)(F)F. The Morgan fingerprint density at radius 1 is 0.943 bits per heavy atom. The molecule has 17 heteroatoms. The zero-order valence-corrected chi connectivity index (χ0v) is 32.2. The van der Waals surface area contributed by atoms with E-state index in [0.717, 1.165) is 42.5 Å². The van der Waals surface area contributed by atoms with Gasteiger partial charge in [-0.1, -0.05) is 92.6 Å². The summed E-state index contributed by atoms with van der Waals surface area (Å²) < 4.78 is 70.8. The van der Waals surface area contributed by atoms with Crippen LogP contribution in [0.15, 0.2) is 53.4 Å². The van der Waals surface area contributed by atoms with E-state index in [1.54, 1.807) is 0 Å². The largest absolute Gasteiger partial charge is 0.416 e. The Morgan fingerprint density at radius 3 is 2.21 bits per heavy atom. The predicted molar refractivity (Wildman–Crippen MR) is 196 cm³/mol. The first-order chi connectivity index (χ1) is 25.0. The Kier molecular flexibility index (Phi) is 17.4. The predicted octanol–water partition coefficient (Wildman–Crippen LogP) is 9.33. The van der Waals surface area contributed by atoms with Gasteiger partial charge < -0.3 is 9.47 Å². The molecular formula is C36H39Cl2F3N2O8S2. The first-order valence-corrected chi connectivity index (χ1v) is 20.4. The Labute approximate surface area is 320 Å². The summed E-state index contributed by atoms with van der Waals surface area (Å²) in [6.45, 7) is -0.269. The smallest absolute Gasteiger partial charge is 0.411 e. The molecule has 0 atom stereocenters. The molecule has 4 rings (SSSR count). The van der Waals surface area contributed by atoms with Crippen LogP contribution in [0.2, 0.25) is 10.2 Å². The Bertz CT molecular complexity index is 1850. The van der Waals surface area contributed by atoms with E-state index in [9.17, 15) is 40.8 Å². The van der Waals surface area contributed by atoms with Crippen molar-refractivity contribution in [1.82, 2.24) is 10.2 Å². The Morgan fingerprint density at radius 2 is 1.58 bits per heavy atom. The first-order valence-electron chi connectivity index (χ1n) is 16.7. The lowest BCUT2D eigenvalue weighted by molar-refractivity contribution is -0.176. The van der Waals surface area contributed by atoms with Crippen LogP contribution in [0.25, 0.3) is 11.3 Å². The highest BCUT2D eigenvalue weighted by molar-refractivity contribution is 8.13. The van der Waals surface area contributed by atoms with Crippen molar-refractivity contribution < 1.29 is 50.2 Å². The molecule has 288 valence electrons. The van der Waals surface area contributed by atoms with Crippen LogP contribution in [0, 0.1) is 5.92 Å². The molecule has 1 fully saturated rings. The number of unbranched alkanes of at least 4 members (excludes halogenated alkanes) is 5. The van der Waals surface area contributed by atoms with Gasteiger partial charge in [-0.25, -0.2) is 13.2 Å². The normalized spacial score (nSPS) is 13.7. The number of alkyl halides is 3. The lowest BCUT2D eigenvalue weighted by Gasteiger charge is -2.20. The molecule has 0 radical (unpaired) electrons. The van der Waals surface area contributed by atoms with Crippen LogP contribution in [0.3, 0.4) is 0 Å². The summed E-state index contributed by atoms with van der Waals surface area (Å²) in [4.78, 5) is 48.4. The number of thioether (sulfide) groups is 1. The van der Waals surface area contributed by atoms with E-state index in [4.69, 9.17) is 27.9 Å². The van der Waals surface area contributed by atoms with Crippen LogP contribution in [-0.2, 0) is 30.8 Å². The highest BCUT2D eigenvalue weighted by Gasteiger charge is 2.38. The number of aromatic nitrogens is 2. The van der Waals surface area contributed by atoms with Crippen molar-refractivity contribution in [2.45, 2.75) is 82.4 Å². The molecule has 0 amide bonds. The number of Topliss-reactive ketones (excluding diaryl/α,β-unsaturated/α-hetero) is 3. The Hall–Kier alpha value is -3.37. The third kappa shape index (κ3) is 14.1. The molecule has 2 aromatic carbocycles. The molecule has 1 saturated carbocycles. The summed E-state index contributed by atoms with van der Waals surface area (Å²) in [5.41, 5.74) is 0.692. The summed E-state index contributed by atoms with van der Waals surface area (Å²) in [6, 6.07) is 13.0. The van der Waals surface area contributed by atoms with Gasteiger partial charge in [0.2, 0.25) is 0 Å². The quantitative estimate of drug-likeness (QED) is 0.0626. The molecule has 1 aromatic heterocycles. The zero-order chi connectivity index (χ0) is 39.2. The molecule has 0 unspecified atom stereocenters. The molecule has 0 N–H and O–H groups in total. The van der Waals surface area contributed by atoms with Gasteiger partial charge in [-0.3, -0.25) is 14.4 Å². The van der Waals surface area contributed by atoms with Gasteiger partial charge in [-0.2, -0.15) is 13.2 Å². The number of hydrogen-bond acceptors (Lipinski definition) is 11. The number of sulfone groups is 1. The fourth-order valence-electron chi connectivity index (χ4n) is 5.28. The second kappa shape index (κ2) is 20.9. The van der Waals surface area contributed by atoms with Crippen LogP contribution in [0.1, 0.15) is 80.6 Å². The third-order valence-electron chi connectivity index (χ3n) is 7.82. The monoisotopic (exact) mass is 818 g/mol. The maximum atomic E-state index is 12.7. The van der Waals surface area contributed by atoms with Gasteiger partial charge in [-0.05, 0) is 36.7 Å². The van der Waals surface area contributed by atoms with Crippen molar-refractivity contribution >= 4 is 67.5 Å². The molecule has 1 aliphatic carbocycles. The van der Waals surface area contributed by atoms with Crippen molar-refractivity contribution in [2.24, 2.45) is 5.92 Å². The molecule has 1 aliphatic rings. The second-order valence-corrected chi connectivity index (χ2v) is 15.9. The molecule has 0 aliphatic heterocycles. The number of carbonyl (C=O) groups excluding carboxylic acids is 4. The molecule has 10 nitrogen and oxygen atoms in total. The number of rotatable bonds is 15. The van der Waals surface area contributed by atoms with Crippen LogP contribution in [-0.4, -0.2) is 66.1 Å². The van der Waals surface area contributed by atoms with Crippen LogP contribution in [0.4, 0.5) is 18.0 Å². The number of halogens is 5. The fraction of sp³-hybridized carbons (Fsp3) is 0.444. The van der Waals surface area contributed by atoms with E-state index >= 15 is 0 Å². The number of carbonyl (C=O) groups is 4. The molecule has 53 heavy (non-hydrogen) atoms. The minimum atomic E-state index is -4.65. The fourth-order valence-corrected chi connectivity index (χ4v) is 7.37. The molecule has 0 spiro atoms. The minimum Gasteiger partial charge on any atom is -0.416 e. The lowest BCUT2D eigenvalue weighted by atomic mass is 9.81. The minimum absolute atomic E-state index is 0.0444. The highest BCUT2D eigenvalue weighted by atomic mass is 35.5. The molecule has 0 saturated heterocycles. The maximum Gasteiger partial charge on any atom is 0.411 e. The van der Waals surface area contributed by atoms with E-state index < -0.39 is 62.4 Å². The topological polar surface area (TPSA) is 147 Å². The van der Waals surface area contributed by atoms with Crippen LogP contribution < -0.4 is 4.74 Å². The summed E-state index contributed by atoms with van der Waals surface area (Å²) in [7, 11) is -3.90. The van der Waals surface area contributed by atoms with Gasteiger partial charge in [0, 0.05) is 47.6 Å². The number of ether oxygens (including phenoxy) is 2. The van der Waals surface area contributed by atoms with Crippen molar-refractivity contribution in [2.75, 3.05) is 18.6 Å². The number of hydrogen-bond donors (Lipinski definition) is 0. The van der Waals surface area contributed by atoms with Crippen molar-refractivity contribution in [3.05, 3.63) is 69.8 Å². The van der Waals surface area contributed by atoms with Crippen LogP contribution >= 0.6 is 35.0 Å². The van der Waals surface area contributed by atoms with E-state index in [-0.39, 0.29) is 34.4 Å². The lowest BCUT2D eigenvalue weighted by Crippen LogP contribution is -2.35. The summed E-state index contributed by atoms with van der Waals surface area (Å²) in [5, 5.41) is 7.33. The van der Waals surface area contributed by atoms with Gasteiger partial charge in [0.05, 0.1) is 16.5 Å². The molecule has 3 aromatic rings. The molecule has 1 heterocycles. The van der Waals surface area contributed by atoms with E-state index in [1.807, 2.05) is 30.3 Å². The van der Waals surface area contributed by atoms with Gasteiger partial charge in [-0.15, -0.1) is 10.2 Å². The first kappa shape index (κ1) is 44.0. The number of benzene rings is 2. The van der Waals surface area contributed by atoms with Gasteiger partial charge >= 0.3 is 11.5 Å². The van der Waals surface area contributed by atoms with Gasteiger partial charge in [0.1, 0.15) is 18.2 Å². The van der Waals surface area contributed by atoms with Crippen LogP contribution in [0.5, 0.6) is 5.75 Å². The Balaban J connectivity index is 0.000000287. The van der Waals surface area contributed by atoms with Crippen molar-refractivity contribution in [3.63, 3.8) is 0 Å². The second-order valence-electron chi connectivity index (χ2n) is 12.1. The number of ketones is 3. The standard InChI is InChI=1S/C19H23ClN2O2S.C17H16ClF3O6S/c1-2-3-4-5-6-10-13-25-19(23)24-16-14-17(20)21-22-18(16)15-11-8-7-9-12-15;1-28(25,26)13-6-5-9(15(18)10(13)7-27-8-17(19,20)21)16(24)14-11(22)3-2-4-12(14)23/h7-9,11-12,14H,2-6,10,13H2,1H3;5-6,14H,2-4,7-8H2,1H3. The van der Waals surface area contributed by atoms with Gasteiger partial charge in [0.25, 0.3) is 0 Å². The number of nitrogens with zero attached hydrogens (tertiary/aromatic N) is 2. The zero-order valence-electron chi connectivity index (χ0n) is 29.0.